The Balaban J connectivity index is 1.67. The molecule has 0 fully saturated rings. The number of rotatable bonds is 7. The van der Waals surface area contributed by atoms with Crippen LogP contribution in [0.5, 0.6) is 5.75 Å². The van der Waals surface area contributed by atoms with Crippen LogP contribution in [0.25, 0.3) is 0 Å². The molecule has 0 saturated heterocycles. The quantitative estimate of drug-likeness (QED) is 0.650. The molecule has 3 rings (SSSR count). The van der Waals surface area contributed by atoms with Crippen LogP contribution in [0.1, 0.15) is 25.5 Å². The van der Waals surface area contributed by atoms with Gasteiger partial charge < -0.3 is 15.4 Å². The summed E-state index contributed by atoms with van der Waals surface area (Å²) in [7, 11) is 0. The van der Waals surface area contributed by atoms with Crippen molar-refractivity contribution in [3.8, 4) is 5.75 Å². The average Bonchev–Trinajstić information content (AvgIpc) is 2.65. The molecule has 25 heavy (non-hydrogen) atoms. The molecule has 3 aromatic rings. The highest BCUT2D eigenvalue weighted by atomic mass is 16.5. The van der Waals surface area contributed by atoms with E-state index in [0.29, 0.717) is 12.6 Å². The number of benzene rings is 2. The highest BCUT2D eigenvalue weighted by Crippen LogP contribution is 2.21. The van der Waals surface area contributed by atoms with E-state index in [-0.39, 0.29) is 6.04 Å². The third kappa shape index (κ3) is 4.70. The van der Waals surface area contributed by atoms with Crippen LogP contribution < -0.4 is 15.4 Å². The lowest BCUT2D eigenvalue weighted by molar-refractivity contribution is 0.340. The van der Waals surface area contributed by atoms with Gasteiger partial charge in [-0.1, -0.05) is 30.3 Å². The first-order valence-corrected chi connectivity index (χ1v) is 8.39. The molecule has 5 nitrogen and oxygen atoms in total. The Labute approximate surface area is 148 Å². The summed E-state index contributed by atoms with van der Waals surface area (Å²) in [5.74, 6) is 2.18. The molecule has 0 aliphatic rings. The van der Waals surface area contributed by atoms with Gasteiger partial charge in [0.2, 0.25) is 5.95 Å². The summed E-state index contributed by atoms with van der Waals surface area (Å²) in [6, 6.07) is 20.0. The lowest BCUT2D eigenvalue weighted by atomic mass is 10.1. The molecule has 1 heterocycles. The second-order valence-corrected chi connectivity index (χ2v) is 5.62. The lowest BCUT2D eigenvalue weighted by Gasteiger charge is -2.15. The molecule has 0 aliphatic heterocycles. The van der Waals surface area contributed by atoms with Gasteiger partial charge in [-0.15, -0.1) is 0 Å². The number of hydrogen-bond acceptors (Lipinski definition) is 5. The fraction of sp³-hybridized carbons (Fsp3) is 0.200. The monoisotopic (exact) mass is 334 g/mol. The molecule has 0 amide bonds. The summed E-state index contributed by atoms with van der Waals surface area (Å²) < 4.78 is 5.45. The number of nitrogens with zero attached hydrogens (tertiary/aromatic N) is 2. The van der Waals surface area contributed by atoms with E-state index in [4.69, 9.17) is 4.74 Å². The van der Waals surface area contributed by atoms with E-state index in [0.717, 1.165) is 17.3 Å². The maximum atomic E-state index is 5.45. The predicted octanol–water partition coefficient (Wildman–Crippen LogP) is 4.79. The molecule has 0 saturated carbocycles. The van der Waals surface area contributed by atoms with Crippen LogP contribution in [0, 0.1) is 0 Å². The second kappa shape index (κ2) is 8.15. The minimum absolute atomic E-state index is 0.162. The standard InChI is InChI=1S/C20H22N4O/c1-3-25-18-11-9-17(10-12-18)23-20-21-14-13-19(24-20)22-15(2)16-7-5-4-6-8-16/h4-15H,3H2,1-2H3,(H2,21,22,23,24). The first-order chi connectivity index (χ1) is 12.2. The van der Waals surface area contributed by atoms with Gasteiger partial charge in [0.05, 0.1) is 6.61 Å². The largest absolute Gasteiger partial charge is 0.494 e. The Morgan fingerprint density at radius 3 is 2.48 bits per heavy atom. The van der Waals surface area contributed by atoms with Gasteiger partial charge in [-0.3, -0.25) is 0 Å². The molecule has 128 valence electrons. The minimum atomic E-state index is 0.162. The SMILES string of the molecule is CCOc1ccc(Nc2nccc(NC(C)c3ccccc3)n2)cc1. The van der Waals surface area contributed by atoms with Crippen LogP contribution in [0.3, 0.4) is 0 Å². The molecule has 0 radical (unpaired) electrons. The molecule has 5 heteroatoms. The maximum absolute atomic E-state index is 5.45. The first kappa shape index (κ1) is 16.8. The summed E-state index contributed by atoms with van der Waals surface area (Å²) in [5.41, 5.74) is 2.12. The minimum Gasteiger partial charge on any atom is -0.494 e. The normalized spacial score (nSPS) is 11.6. The van der Waals surface area contributed by atoms with Crippen LogP contribution in [-0.4, -0.2) is 16.6 Å². The molecule has 1 aromatic heterocycles. The highest BCUT2D eigenvalue weighted by molar-refractivity contribution is 5.56. The summed E-state index contributed by atoms with van der Waals surface area (Å²) in [6.07, 6.45) is 1.74. The summed E-state index contributed by atoms with van der Waals surface area (Å²) in [5, 5.41) is 6.61. The second-order valence-electron chi connectivity index (χ2n) is 5.62. The van der Waals surface area contributed by atoms with E-state index in [2.05, 4.69) is 39.7 Å². The van der Waals surface area contributed by atoms with E-state index in [1.54, 1.807) is 6.20 Å². The van der Waals surface area contributed by atoms with Crippen LogP contribution in [0.2, 0.25) is 0 Å². The van der Waals surface area contributed by atoms with Crippen molar-refractivity contribution >= 4 is 17.5 Å². The molecule has 0 aliphatic carbocycles. The Morgan fingerprint density at radius 2 is 1.76 bits per heavy atom. The zero-order chi connectivity index (χ0) is 17.5. The highest BCUT2D eigenvalue weighted by Gasteiger charge is 2.06. The van der Waals surface area contributed by atoms with Crippen LogP contribution in [0.15, 0.2) is 66.9 Å². The number of ether oxygens (including phenoxy) is 1. The van der Waals surface area contributed by atoms with Gasteiger partial charge in [-0.05, 0) is 49.7 Å². The number of hydrogen-bond donors (Lipinski definition) is 2. The van der Waals surface area contributed by atoms with Crippen molar-refractivity contribution in [1.82, 2.24) is 9.97 Å². The van der Waals surface area contributed by atoms with Crippen molar-refractivity contribution in [1.29, 1.82) is 0 Å². The van der Waals surface area contributed by atoms with Crippen molar-refractivity contribution in [2.75, 3.05) is 17.2 Å². The zero-order valence-electron chi connectivity index (χ0n) is 14.4. The van der Waals surface area contributed by atoms with Gasteiger partial charge in [-0.25, -0.2) is 4.98 Å². The van der Waals surface area contributed by atoms with Crippen LogP contribution >= 0.6 is 0 Å². The first-order valence-electron chi connectivity index (χ1n) is 8.39. The molecular formula is C20H22N4O. The van der Waals surface area contributed by atoms with Gasteiger partial charge in [-0.2, -0.15) is 4.98 Å². The average molecular weight is 334 g/mol. The maximum Gasteiger partial charge on any atom is 0.229 e. The van der Waals surface area contributed by atoms with Crippen LogP contribution in [0.4, 0.5) is 17.5 Å². The van der Waals surface area contributed by atoms with Gasteiger partial charge in [0.1, 0.15) is 11.6 Å². The van der Waals surface area contributed by atoms with Gasteiger partial charge >= 0.3 is 0 Å². The van der Waals surface area contributed by atoms with Crippen molar-refractivity contribution in [2.24, 2.45) is 0 Å². The zero-order valence-corrected chi connectivity index (χ0v) is 14.4. The molecule has 1 unspecified atom stereocenters. The Hall–Kier alpha value is -3.08. The Morgan fingerprint density at radius 1 is 1.00 bits per heavy atom. The van der Waals surface area contributed by atoms with Crippen molar-refractivity contribution < 1.29 is 4.74 Å². The summed E-state index contributed by atoms with van der Waals surface area (Å²) in [6.45, 7) is 4.73. The van der Waals surface area contributed by atoms with Crippen LogP contribution in [-0.2, 0) is 0 Å². The summed E-state index contributed by atoms with van der Waals surface area (Å²) >= 11 is 0. The van der Waals surface area contributed by atoms with Crippen molar-refractivity contribution in [2.45, 2.75) is 19.9 Å². The molecule has 0 spiro atoms. The van der Waals surface area contributed by atoms with Gasteiger partial charge in [0.15, 0.2) is 0 Å². The van der Waals surface area contributed by atoms with Crippen molar-refractivity contribution in [3.05, 3.63) is 72.4 Å². The fourth-order valence-electron chi connectivity index (χ4n) is 2.48. The van der Waals surface area contributed by atoms with E-state index in [1.807, 2.05) is 55.5 Å². The smallest absolute Gasteiger partial charge is 0.229 e. The summed E-state index contributed by atoms with van der Waals surface area (Å²) in [4.78, 5) is 8.81. The number of nitrogens with one attached hydrogen (secondary N) is 2. The number of anilines is 3. The molecule has 0 bridgehead atoms. The van der Waals surface area contributed by atoms with E-state index in [9.17, 15) is 0 Å². The molecule has 2 N–H and O–H groups in total. The van der Waals surface area contributed by atoms with Crippen molar-refractivity contribution in [3.63, 3.8) is 0 Å². The van der Waals surface area contributed by atoms with E-state index in [1.165, 1.54) is 5.56 Å². The molecule has 2 aromatic carbocycles. The third-order valence-electron chi connectivity index (χ3n) is 3.74. The lowest BCUT2D eigenvalue weighted by Crippen LogP contribution is -2.09. The number of aromatic nitrogens is 2. The van der Waals surface area contributed by atoms with Gasteiger partial charge in [0, 0.05) is 17.9 Å². The molecule has 1 atom stereocenters. The van der Waals surface area contributed by atoms with E-state index < -0.39 is 0 Å². The van der Waals surface area contributed by atoms with E-state index >= 15 is 0 Å². The fourth-order valence-corrected chi connectivity index (χ4v) is 2.48. The Bertz CT molecular complexity index is 790. The molecular weight excluding hydrogens is 312 g/mol. The third-order valence-corrected chi connectivity index (χ3v) is 3.74. The predicted molar refractivity (Wildman–Crippen MR) is 101 cm³/mol. The van der Waals surface area contributed by atoms with Gasteiger partial charge in [0.25, 0.3) is 0 Å². The topological polar surface area (TPSA) is 59.1 Å². The Kier molecular flexibility index (Phi) is 5.46.